The highest BCUT2D eigenvalue weighted by Crippen LogP contribution is 2.14. The lowest BCUT2D eigenvalue weighted by Crippen LogP contribution is -2.17. The molecule has 0 radical (unpaired) electrons. The Morgan fingerprint density at radius 1 is 1.32 bits per heavy atom. The molecule has 0 fully saturated rings. The Morgan fingerprint density at radius 3 is 2.89 bits per heavy atom. The average molecular weight is 278 g/mol. The van der Waals surface area contributed by atoms with E-state index in [2.05, 4.69) is 22.2 Å². The molecule has 0 aliphatic carbocycles. The first-order valence-electron chi connectivity index (χ1n) is 6.53. The molecule has 0 saturated heterocycles. The topological polar surface area (TPSA) is 16.1 Å². The molecule has 0 aliphatic heterocycles. The van der Waals surface area contributed by atoms with Crippen LogP contribution in [0.1, 0.15) is 29.6 Å². The second-order valence-electron chi connectivity index (χ2n) is 4.78. The monoisotopic (exact) mass is 278 g/mol. The van der Waals surface area contributed by atoms with Crippen LogP contribution in [0.15, 0.2) is 29.6 Å². The third kappa shape index (κ3) is 4.40. The van der Waals surface area contributed by atoms with Crippen molar-refractivity contribution in [2.75, 3.05) is 7.05 Å². The minimum atomic E-state index is -0.176. The molecule has 4 heteroatoms. The van der Waals surface area contributed by atoms with Gasteiger partial charge in [-0.15, -0.1) is 11.3 Å². The lowest BCUT2D eigenvalue weighted by molar-refractivity contribution is 0.315. The van der Waals surface area contributed by atoms with Gasteiger partial charge in [0, 0.05) is 18.5 Å². The number of hydrogen-bond donors (Lipinski definition) is 0. The first-order chi connectivity index (χ1) is 9.17. The number of aryl methyl sites for hydroxylation is 1. The van der Waals surface area contributed by atoms with Crippen LogP contribution in [0.3, 0.4) is 0 Å². The first kappa shape index (κ1) is 14.2. The van der Waals surface area contributed by atoms with Crippen molar-refractivity contribution in [1.82, 2.24) is 9.88 Å². The van der Waals surface area contributed by atoms with Crippen LogP contribution in [0.25, 0.3) is 0 Å². The fraction of sp³-hybridized carbons (Fsp3) is 0.400. The molecule has 0 bridgehead atoms. The third-order valence-corrected chi connectivity index (χ3v) is 3.79. The summed E-state index contributed by atoms with van der Waals surface area (Å²) in [4.78, 5) is 6.75. The van der Waals surface area contributed by atoms with Crippen molar-refractivity contribution in [3.8, 4) is 0 Å². The second-order valence-corrected chi connectivity index (χ2v) is 5.73. The number of nitrogens with zero attached hydrogens (tertiary/aromatic N) is 2. The highest BCUT2D eigenvalue weighted by molar-refractivity contribution is 7.09. The molecule has 102 valence electrons. The summed E-state index contributed by atoms with van der Waals surface area (Å²) in [6.45, 7) is 3.70. The maximum Gasteiger partial charge on any atom is 0.123 e. The Bertz CT molecular complexity index is 524. The van der Waals surface area contributed by atoms with Gasteiger partial charge in [0.25, 0.3) is 0 Å². The number of hydrogen-bond acceptors (Lipinski definition) is 3. The SMILES string of the molecule is CCCc1nc(CN(C)Cc2cccc(F)c2)cs1. The fourth-order valence-electron chi connectivity index (χ4n) is 2.03. The zero-order valence-corrected chi connectivity index (χ0v) is 12.2. The van der Waals surface area contributed by atoms with Crippen LogP contribution in [0.4, 0.5) is 4.39 Å². The molecule has 2 rings (SSSR count). The van der Waals surface area contributed by atoms with Crippen molar-refractivity contribution in [3.05, 3.63) is 51.7 Å². The summed E-state index contributed by atoms with van der Waals surface area (Å²) in [5.41, 5.74) is 2.10. The van der Waals surface area contributed by atoms with Gasteiger partial charge in [-0.1, -0.05) is 19.1 Å². The molecule has 0 aliphatic rings. The highest BCUT2D eigenvalue weighted by atomic mass is 32.1. The van der Waals surface area contributed by atoms with E-state index in [9.17, 15) is 4.39 Å². The van der Waals surface area contributed by atoms with Crippen LogP contribution >= 0.6 is 11.3 Å². The Balaban J connectivity index is 1.91. The summed E-state index contributed by atoms with van der Waals surface area (Å²) in [5.74, 6) is -0.176. The van der Waals surface area contributed by atoms with E-state index >= 15 is 0 Å². The van der Waals surface area contributed by atoms with Crippen molar-refractivity contribution in [3.63, 3.8) is 0 Å². The summed E-state index contributed by atoms with van der Waals surface area (Å²) < 4.78 is 13.1. The molecule has 1 aromatic heterocycles. The lowest BCUT2D eigenvalue weighted by Gasteiger charge is -2.15. The molecule has 0 spiro atoms. The Hall–Kier alpha value is -1.26. The quantitative estimate of drug-likeness (QED) is 0.797. The van der Waals surface area contributed by atoms with Crippen molar-refractivity contribution >= 4 is 11.3 Å². The molecule has 1 aromatic carbocycles. The van der Waals surface area contributed by atoms with Crippen molar-refractivity contribution < 1.29 is 4.39 Å². The fourth-order valence-corrected chi connectivity index (χ4v) is 2.92. The molecule has 0 atom stereocenters. The summed E-state index contributed by atoms with van der Waals surface area (Å²) in [6.07, 6.45) is 2.18. The maximum atomic E-state index is 13.1. The minimum absolute atomic E-state index is 0.176. The van der Waals surface area contributed by atoms with Gasteiger partial charge in [0.2, 0.25) is 0 Å². The zero-order chi connectivity index (χ0) is 13.7. The van der Waals surface area contributed by atoms with Crippen molar-refractivity contribution in [2.45, 2.75) is 32.9 Å². The standard InChI is InChI=1S/C15H19FN2S/c1-3-5-15-17-14(11-19-15)10-18(2)9-12-6-4-7-13(16)8-12/h4,6-8,11H,3,5,9-10H2,1-2H3. The molecule has 0 amide bonds. The summed E-state index contributed by atoms with van der Waals surface area (Å²) in [7, 11) is 2.03. The van der Waals surface area contributed by atoms with E-state index in [-0.39, 0.29) is 5.82 Å². The molecule has 2 nitrogen and oxygen atoms in total. The second kappa shape index (κ2) is 6.78. The van der Waals surface area contributed by atoms with Gasteiger partial charge >= 0.3 is 0 Å². The highest BCUT2D eigenvalue weighted by Gasteiger charge is 2.06. The number of thiazole rings is 1. The van der Waals surface area contributed by atoms with E-state index in [1.165, 1.54) is 11.1 Å². The van der Waals surface area contributed by atoms with E-state index in [1.807, 2.05) is 13.1 Å². The van der Waals surface area contributed by atoms with Crippen LogP contribution in [-0.2, 0) is 19.5 Å². The Kier molecular flexibility index (Phi) is 5.05. The van der Waals surface area contributed by atoms with Crippen molar-refractivity contribution in [2.24, 2.45) is 0 Å². The largest absolute Gasteiger partial charge is 0.296 e. The van der Waals surface area contributed by atoms with Crippen molar-refractivity contribution in [1.29, 1.82) is 0 Å². The molecule has 0 N–H and O–H groups in total. The summed E-state index contributed by atoms with van der Waals surface area (Å²) >= 11 is 1.73. The van der Waals surface area contributed by atoms with Crippen LogP contribution in [0.2, 0.25) is 0 Å². The van der Waals surface area contributed by atoms with Crippen LogP contribution in [-0.4, -0.2) is 16.9 Å². The molecular formula is C15H19FN2S. The minimum Gasteiger partial charge on any atom is -0.296 e. The van der Waals surface area contributed by atoms with E-state index in [0.717, 1.165) is 37.2 Å². The normalized spacial score (nSPS) is 11.2. The first-order valence-corrected chi connectivity index (χ1v) is 7.41. The van der Waals surface area contributed by atoms with E-state index in [1.54, 1.807) is 23.5 Å². The van der Waals surface area contributed by atoms with Gasteiger partial charge in [0.05, 0.1) is 10.7 Å². The van der Waals surface area contributed by atoms with E-state index in [0.29, 0.717) is 0 Å². The molecule has 19 heavy (non-hydrogen) atoms. The van der Waals surface area contributed by atoms with Gasteiger partial charge in [-0.25, -0.2) is 9.37 Å². The third-order valence-electron chi connectivity index (χ3n) is 2.84. The molecule has 2 aromatic rings. The van der Waals surface area contributed by atoms with Crippen LogP contribution in [0.5, 0.6) is 0 Å². The van der Waals surface area contributed by atoms with E-state index < -0.39 is 0 Å². The summed E-state index contributed by atoms with van der Waals surface area (Å²) in [6, 6.07) is 6.75. The van der Waals surface area contributed by atoms with E-state index in [4.69, 9.17) is 0 Å². The zero-order valence-electron chi connectivity index (χ0n) is 11.4. The lowest BCUT2D eigenvalue weighted by atomic mass is 10.2. The number of halogens is 1. The Labute approximate surface area is 117 Å². The predicted molar refractivity (Wildman–Crippen MR) is 77.7 cm³/mol. The number of aromatic nitrogens is 1. The summed E-state index contributed by atoms with van der Waals surface area (Å²) in [5, 5.41) is 3.32. The molecular weight excluding hydrogens is 259 g/mol. The number of benzene rings is 1. The van der Waals surface area contributed by atoms with Gasteiger partial charge in [0.15, 0.2) is 0 Å². The smallest absolute Gasteiger partial charge is 0.123 e. The predicted octanol–water partition coefficient (Wildman–Crippen LogP) is 3.87. The maximum absolute atomic E-state index is 13.1. The number of rotatable bonds is 6. The van der Waals surface area contributed by atoms with Gasteiger partial charge < -0.3 is 0 Å². The molecule has 0 saturated carbocycles. The Morgan fingerprint density at radius 2 is 2.16 bits per heavy atom. The van der Waals surface area contributed by atoms with Gasteiger partial charge in [0.1, 0.15) is 5.82 Å². The van der Waals surface area contributed by atoms with Crippen LogP contribution < -0.4 is 0 Å². The van der Waals surface area contributed by atoms with Crippen LogP contribution in [0, 0.1) is 5.82 Å². The van der Waals surface area contributed by atoms with Gasteiger partial charge in [-0.2, -0.15) is 0 Å². The van der Waals surface area contributed by atoms with Gasteiger partial charge in [-0.3, -0.25) is 4.90 Å². The molecule has 1 heterocycles. The average Bonchev–Trinajstić information content (AvgIpc) is 2.77. The van der Waals surface area contributed by atoms with Gasteiger partial charge in [-0.05, 0) is 37.6 Å². The molecule has 0 unspecified atom stereocenters.